The highest BCUT2D eigenvalue weighted by Crippen LogP contribution is 2.24. The lowest BCUT2D eigenvalue weighted by Gasteiger charge is -2.31. The SMILES string of the molecule is Cc1nccc(NC(=O)N2CCC[C@@H](C(N)=O)C2)c1Cl. The normalized spacial score (nSPS) is 18.7. The summed E-state index contributed by atoms with van der Waals surface area (Å²) in [4.78, 5) is 29.0. The molecule has 0 saturated carbocycles. The molecule has 20 heavy (non-hydrogen) atoms. The van der Waals surface area contributed by atoms with Crippen molar-refractivity contribution in [3.63, 3.8) is 0 Å². The Morgan fingerprint density at radius 1 is 1.55 bits per heavy atom. The van der Waals surface area contributed by atoms with Gasteiger partial charge in [0.1, 0.15) is 0 Å². The summed E-state index contributed by atoms with van der Waals surface area (Å²) in [7, 11) is 0. The molecular weight excluding hydrogens is 280 g/mol. The van der Waals surface area contributed by atoms with Crippen LogP contribution >= 0.6 is 11.6 Å². The minimum atomic E-state index is -0.361. The molecule has 0 aliphatic carbocycles. The minimum absolute atomic E-state index is 0.274. The van der Waals surface area contributed by atoms with Crippen LogP contribution in [0.3, 0.4) is 0 Å². The molecule has 1 aromatic rings. The molecular formula is C13H17ClN4O2. The number of urea groups is 1. The number of aryl methyl sites for hydroxylation is 1. The van der Waals surface area contributed by atoms with Crippen molar-refractivity contribution in [2.45, 2.75) is 19.8 Å². The van der Waals surface area contributed by atoms with Crippen molar-refractivity contribution in [2.75, 3.05) is 18.4 Å². The minimum Gasteiger partial charge on any atom is -0.369 e. The summed E-state index contributed by atoms with van der Waals surface area (Å²) in [5.41, 5.74) is 6.47. The Morgan fingerprint density at radius 2 is 2.30 bits per heavy atom. The third-order valence-corrected chi connectivity index (χ3v) is 3.89. The number of nitrogens with one attached hydrogen (secondary N) is 1. The Labute approximate surface area is 122 Å². The number of halogens is 1. The molecule has 1 aliphatic rings. The molecule has 1 atom stereocenters. The number of nitrogens with two attached hydrogens (primary N) is 1. The maximum atomic E-state index is 12.2. The topological polar surface area (TPSA) is 88.3 Å². The van der Waals surface area contributed by atoms with Gasteiger partial charge in [-0.15, -0.1) is 0 Å². The number of anilines is 1. The van der Waals surface area contributed by atoms with Gasteiger partial charge >= 0.3 is 6.03 Å². The smallest absolute Gasteiger partial charge is 0.321 e. The molecule has 0 bridgehead atoms. The number of aromatic nitrogens is 1. The molecule has 1 aliphatic heterocycles. The Hall–Kier alpha value is -1.82. The van der Waals surface area contributed by atoms with Gasteiger partial charge in [0.15, 0.2) is 0 Å². The lowest BCUT2D eigenvalue weighted by molar-refractivity contribution is -0.123. The van der Waals surface area contributed by atoms with Gasteiger partial charge in [-0.3, -0.25) is 9.78 Å². The van der Waals surface area contributed by atoms with E-state index in [0.29, 0.717) is 29.5 Å². The highest BCUT2D eigenvalue weighted by Gasteiger charge is 2.27. The van der Waals surface area contributed by atoms with Gasteiger partial charge in [0.25, 0.3) is 0 Å². The standard InChI is InChI=1S/C13H17ClN4O2/c1-8-11(14)10(4-5-16-8)17-13(20)18-6-2-3-9(7-18)12(15)19/h4-5,9H,2-3,6-7H2,1H3,(H2,15,19)(H,16,17,20)/t9-/m1/s1. The summed E-state index contributed by atoms with van der Waals surface area (Å²) in [5.74, 6) is -0.635. The van der Waals surface area contributed by atoms with Crippen molar-refractivity contribution in [3.8, 4) is 0 Å². The fraction of sp³-hybridized carbons (Fsp3) is 0.462. The van der Waals surface area contributed by atoms with E-state index >= 15 is 0 Å². The van der Waals surface area contributed by atoms with E-state index in [0.717, 1.165) is 12.8 Å². The average Bonchev–Trinajstić information content (AvgIpc) is 2.44. The molecule has 0 unspecified atom stereocenters. The molecule has 0 aromatic carbocycles. The number of primary amides is 1. The highest BCUT2D eigenvalue weighted by molar-refractivity contribution is 6.34. The number of piperidine rings is 1. The molecule has 7 heteroatoms. The Balaban J connectivity index is 2.04. The zero-order valence-electron chi connectivity index (χ0n) is 11.2. The molecule has 1 saturated heterocycles. The van der Waals surface area contributed by atoms with E-state index in [-0.39, 0.29) is 17.9 Å². The molecule has 0 radical (unpaired) electrons. The summed E-state index contributed by atoms with van der Waals surface area (Å²) in [5, 5.41) is 3.16. The predicted octanol–water partition coefficient (Wildman–Crippen LogP) is 1.77. The van der Waals surface area contributed by atoms with E-state index in [1.54, 1.807) is 24.1 Å². The van der Waals surface area contributed by atoms with Crippen LogP contribution in [0, 0.1) is 12.8 Å². The third-order valence-electron chi connectivity index (χ3n) is 3.42. The average molecular weight is 297 g/mol. The monoisotopic (exact) mass is 296 g/mol. The second-order valence-electron chi connectivity index (χ2n) is 4.88. The van der Waals surface area contributed by atoms with Gasteiger partial charge in [-0.05, 0) is 25.8 Å². The zero-order chi connectivity index (χ0) is 14.7. The summed E-state index contributed by atoms with van der Waals surface area (Å²) in [6.45, 7) is 2.72. The number of hydrogen-bond acceptors (Lipinski definition) is 3. The van der Waals surface area contributed by atoms with Crippen LogP contribution in [-0.2, 0) is 4.79 Å². The molecule has 1 fully saturated rings. The number of rotatable bonds is 2. The molecule has 3 amide bonds. The van der Waals surface area contributed by atoms with E-state index in [9.17, 15) is 9.59 Å². The van der Waals surface area contributed by atoms with Crippen LogP contribution in [0.4, 0.5) is 10.5 Å². The number of carbonyl (C=O) groups is 2. The number of carbonyl (C=O) groups excluding carboxylic acids is 2. The highest BCUT2D eigenvalue weighted by atomic mass is 35.5. The maximum Gasteiger partial charge on any atom is 0.321 e. The van der Waals surface area contributed by atoms with Crippen LogP contribution in [0.5, 0.6) is 0 Å². The summed E-state index contributed by atoms with van der Waals surface area (Å²) in [6, 6.07) is 1.37. The Morgan fingerprint density at radius 3 is 3.00 bits per heavy atom. The van der Waals surface area contributed by atoms with Crippen LogP contribution in [0.15, 0.2) is 12.3 Å². The maximum absolute atomic E-state index is 12.2. The first-order chi connectivity index (χ1) is 9.49. The number of hydrogen-bond donors (Lipinski definition) is 2. The van der Waals surface area contributed by atoms with E-state index < -0.39 is 0 Å². The third kappa shape index (κ3) is 3.19. The van der Waals surface area contributed by atoms with E-state index in [2.05, 4.69) is 10.3 Å². The van der Waals surface area contributed by atoms with Crippen LogP contribution in [0.2, 0.25) is 5.02 Å². The van der Waals surface area contributed by atoms with Gasteiger partial charge in [0.2, 0.25) is 5.91 Å². The van der Waals surface area contributed by atoms with Gasteiger partial charge in [-0.25, -0.2) is 4.79 Å². The Kier molecular flexibility index (Phi) is 4.44. The molecule has 6 nitrogen and oxygen atoms in total. The molecule has 2 rings (SSSR count). The van der Waals surface area contributed by atoms with Crippen LogP contribution in [-0.4, -0.2) is 34.9 Å². The molecule has 108 valence electrons. The van der Waals surface area contributed by atoms with Crippen molar-refractivity contribution in [2.24, 2.45) is 11.7 Å². The summed E-state index contributed by atoms with van der Waals surface area (Å²) >= 11 is 6.09. The van der Waals surface area contributed by atoms with Gasteiger partial charge in [0.05, 0.1) is 22.3 Å². The van der Waals surface area contributed by atoms with Crippen molar-refractivity contribution < 1.29 is 9.59 Å². The first-order valence-electron chi connectivity index (χ1n) is 6.45. The van der Waals surface area contributed by atoms with E-state index in [1.807, 2.05) is 0 Å². The van der Waals surface area contributed by atoms with Crippen LogP contribution < -0.4 is 11.1 Å². The number of pyridine rings is 1. The second kappa shape index (κ2) is 6.09. The van der Waals surface area contributed by atoms with Gasteiger partial charge in [-0.1, -0.05) is 11.6 Å². The fourth-order valence-electron chi connectivity index (χ4n) is 2.23. The van der Waals surface area contributed by atoms with Gasteiger partial charge in [-0.2, -0.15) is 0 Å². The number of nitrogens with zero attached hydrogens (tertiary/aromatic N) is 2. The molecule has 0 spiro atoms. The molecule has 2 heterocycles. The summed E-state index contributed by atoms with van der Waals surface area (Å²) in [6.07, 6.45) is 3.08. The van der Waals surface area contributed by atoms with E-state index in [4.69, 9.17) is 17.3 Å². The summed E-state index contributed by atoms with van der Waals surface area (Å²) < 4.78 is 0. The number of amides is 3. The number of likely N-dealkylation sites (tertiary alicyclic amines) is 1. The predicted molar refractivity (Wildman–Crippen MR) is 76.5 cm³/mol. The first kappa shape index (κ1) is 14.6. The fourth-order valence-corrected chi connectivity index (χ4v) is 2.39. The van der Waals surface area contributed by atoms with E-state index in [1.165, 1.54) is 0 Å². The quantitative estimate of drug-likeness (QED) is 0.872. The van der Waals surface area contributed by atoms with Crippen molar-refractivity contribution >= 4 is 29.2 Å². The van der Waals surface area contributed by atoms with Crippen molar-refractivity contribution in [1.82, 2.24) is 9.88 Å². The van der Waals surface area contributed by atoms with Crippen LogP contribution in [0.25, 0.3) is 0 Å². The second-order valence-corrected chi connectivity index (χ2v) is 5.25. The van der Waals surface area contributed by atoms with Gasteiger partial charge in [0, 0.05) is 19.3 Å². The zero-order valence-corrected chi connectivity index (χ0v) is 12.0. The largest absolute Gasteiger partial charge is 0.369 e. The Bertz CT molecular complexity index is 535. The lowest BCUT2D eigenvalue weighted by atomic mass is 9.98. The first-order valence-corrected chi connectivity index (χ1v) is 6.83. The molecule has 3 N–H and O–H groups in total. The lowest BCUT2D eigenvalue weighted by Crippen LogP contribution is -2.45. The van der Waals surface area contributed by atoms with Crippen LogP contribution in [0.1, 0.15) is 18.5 Å². The van der Waals surface area contributed by atoms with Gasteiger partial charge < -0.3 is 16.0 Å². The molecule has 1 aromatic heterocycles. The van der Waals surface area contributed by atoms with Crippen molar-refractivity contribution in [3.05, 3.63) is 23.0 Å². The van der Waals surface area contributed by atoms with Crippen molar-refractivity contribution in [1.29, 1.82) is 0 Å².